The fourth-order valence-corrected chi connectivity index (χ4v) is 2.16. The predicted molar refractivity (Wildman–Crippen MR) is 55.1 cm³/mol. The lowest BCUT2D eigenvalue weighted by Crippen LogP contribution is -2.87. The van der Waals surface area contributed by atoms with Gasteiger partial charge in [0.05, 0.1) is 0 Å². The van der Waals surface area contributed by atoms with Crippen LogP contribution in [0.1, 0.15) is 0 Å². The standard InChI is InChI=1S/C10HF18NO3/c11-2(1(30)31,5(14,15)16)8(23,24)29-9(25,26)3(12,6(17,18)19)32-4(13,7(20,21)22)10(29,27)28/h(H,30,31). The highest BCUT2D eigenvalue weighted by molar-refractivity contribution is 5.80. The third kappa shape index (κ3) is 3.07. The molecule has 1 rings (SSSR count). The number of rotatable bonds is 3. The number of carboxylic acid groups (broad SMARTS) is 1. The normalized spacial score (nSPS) is 31.8. The summed E-state index contributed by atoms with van der Waals surface area (Å²) in [6, 6.07) is -25.0. The molecule has 0 bridgehead atoms. The van der Waals surface area contributed by atoms with Crippen molar-refractivity contribution in [2.45, 2.75) is 54.0 Å². The first kappa shape index (κ1) is 28.2. The molecule has 1 fully saturated rings. The zero-order valence-electron chi connectivity index (χ0n) is 13.5. The largest absolute Gasteiger partial charge is 0.478 e. The van der Waals surface area contributed by atoms with E-state index in [0.29, 0.717) is 0 Å². The maximum atomic E-state index is 13.9. The average molecular weight is 525 g/mol. The second-order valence-electron chi connectivity index (χ2n) is 5.71. The van der Waals surface area contributed by atoms with Crippen molar-refractivity contribution >= 4 is 5.97 Å². The second-order valence-corrected chi connectivity index (χ2v) is 5.71. The molecule has 0 aliphatic carbocycles. The van der Waals surface area contributed by atoms with E-state index in [0.717, 1.165) is 0 Å². The average Bonchev–Trinajstić information content (AvgIpc) is 2.47. The van der Waals surface area contributed by atoms with Gasteiger partial charge in [0.15, 0.2) is 0 Å². The highest BCUT2D eigenvalue weighted by Crippen LogP contribution is 2.66. The Morgan fingerprint density at radius 3 is 1.12 bits per heavy atom. The van der Waals surface area contributed by atoms with Crippen molar-refractivity contribution in [1.29, 1.82) is 0 Å². The van der Waals surface area contributed by atoms with Crippen molar-refractivity contribution in [3.8, 4) is 0 Å². The molecular weight excluding hydrogens is 524 g/mol. The van der Waals surface area contributed by atoms with Gasteiger partial charge in [0, 0.05) is 0 Å². The zero-order valence-corrected chi connectivity index (χ0v) is 13.5. The molecule has 3 atom stereocenters. The van der Waals surface area contributed by atoms with E-state index in [1.165, 1.54) is 4.74 Å². The Labute approximate surface area is 160 Å². The van der Waals surface area contributed by atoms with E-state index in [1.807, 2.05) is 0 Å². The Balaban J connectivity index is 4.24. The number of aliphatic carboxylic acids is 1. The minimum atomic E-state index is -8.47. The number of nitrogens with zero attached hydrogens (tertiary/aromatic N) is 1. The molecule has 1 aliphatic heterocycles. The first-order valence-electron chi connectivity index (χ1n) is 6.66. The number of ether oxygens (including phenoxy) is 1. The van der Waals surface area contributed by atoms with Crippen LogP contribution < -0.4 is 0 Å². The van der Waals surface area contributed by atoms with Crippen LogP contribution in [0.5, 0.6) is 0 Å². The molecule has 0 spiro atoms. The van der Waals surface area contributed by atoms with Gasteiger partial charge in [0.1, 0.15) is 0 Å². The Morgan fingerprint density at radius 1 is 0.656 bits per heavy atom. The lowest BCUT2D eigenvalue weighted by molar-refractivity contribution is -0.601. The molecule has 22 heteroatoms. The SMILES string of the molecule is O=C(O)C(F)(C(F)(F)F)C(F)(F)N1C(F)(F)C(F)(C(F)(F)F)OC(F)(C(F)(F)F)C1(F)F. The molecule has 0 aromatic carbocycles. The number of carbonyl (C=O) groups is 1. The Kier molecular flexibility index (Phi) is 5.80. The molecule has 32 heavy (non-hydrogen) atoms. The van der Waals surface area contributed by atoms with Gasteiger partial charge in [-0.2, -0.15) is 74.6 Å². The van der Waals surface area contributed by atoms with E-state index in [4.69, 9.17) is 5.11 Å². The summed E-state index contributed by atoms with van der Waals surface area (Å²) in [5.74, 6) is -20.7. The Hall–Kier alpha value is -1.87. The molecule has 4 nitrogen and oxygen atoms in total. The molecule has 0 aromatic rings. The van der Waals surface area contributed by atoms with Gasteiger partial charge in [-0.15, -0.1) is 4.90 Å². The lowest BCUT2D eigenvalue weighted by atomic mass is 9.96. The molecule has 190 valence electrons. The molecule has 0 amide bonds. The quantitative estimate of drug-likeness (QED) is 0.421. The van der Waals surface area contributed by atoms with Crippen molar-refractivity contribution in [1.82, 2.24) is 4.90 Å². The Morgan fingerprint density at radius 2 is 0.938 bits per heavy atom. The summed E-state index contributed by atoms with van der Waals surface area (Å²) < 4.78 is 239. The van der Waals surface area contributed by atoms with E-state index >= 15 is 0 Å². The van der Waals surface area contributed by atoms with Crippen molar-refractivity contribution in [3.63, 3.8) is 0 Å². The smallest absolute Gasteiger partial charge is 0.456 e. The first-order chi connectivity index (χ1) is 13.5. The summed E-state index contributed by atoms with van der Waals surface area (Å²) in [6.45, 7) is 0. The summed E-state index contributed by atoms with van der Waals surface area (Å²) >= 11 is 0. The Bertz CT molecular complexity index is 732. The number of hydrogen-bond acceptors (Lipinski definition) is 3. The second kappa shape index (κ2) is 6.59. The molecule has 1 saturated heterocycles. The molecule has 1 N–H and O–H groups in total. The molecular formula is C10HF18NO3. The van der Waals surface area contributed by atoms with Crippen LogP contribution in [0.15, 0.2) is 0 Å². The number of hydrogen-bond donors (Lipinski definition) is 1. The fraction of sp³-hybridized carbons (Fsp3) is 0.900. The van der Waals surface area contributed by atoms with Crippen LogP contribution >= 0.6 is 0 Å². The van der Waals surface area contributed by atoms with Crippen LogP contribution in [0.3, 0.4) is 0 Å². The van der Waals surface area contributed by atoms with Crippen LogP contribution in [0, 0.1) is 0 Å². The summed E-state index contributed by atoms with van der Waals surface area (Å²) in [4.78, 5) is 5.58. The molecule has 0 saturated carbocycles. The molecule has 3 unspecified atom stereocenters. The number of halogens is 18. The summed E-state index contributed by atoms with van der Waals surface area (Å²) in [5, 5.41) is 8.00. The van der Waals surface area contributed by atoms with Gasteiger partial charge in [-0.05, 0) is 0 Å². The molecule has 0 aromatic heterocycles. The fourth-order valence-electron chi connectivity index (χ4n) is 2.16. The monoisotopic (exact) mass is 525 g/mol. The maximum Gasteiger partial charge on any atom is 0.456 e. The van der Waals surface area contributed by atoms with E-state index in [2.05, 4.69) is 0 Å². The van der Waals surface area contributed by atoms with Gasteiger partial charge in [-0.1, -0.05) is 0 Å². The topological polar surface area (TPSA) is 49.8 Å². The van der Waals surface area contributed by atoms with Gasteiger partial charge in [-0.25, -0.2) is 9.18 Å². The number of morpholine rings is 1. The van der Waals surface area contributed by atoms with Crippen molar-refractivity contribution in [2.75, 3.05) is 0 Å². The van der Waals surface area contributed by atoms with Crippen molar-refractivity contribution in [2.24, 2.45) is 0 Å². The van der Waals surface area contributed by atoms with E-state index in [9.17, 15) is 83.8 Å². The zero-order chi connectivity index (χ0) is 26.4. The van der Waals surface area contributed by atoms with Gasteiger partial charge in [0.25, 0.3) is 0 Å². The van der Waals surface area contributed by atoms with Crippen LogP contribution in [-0.4, -0.2) is 70.0 Å². The maximum absolute atomic E-state index is 13.9. The minimum Gasteiger partial charge on any atom is -0.478 e. The van der Waals surface area contributed by atoms with E-state index in [1.54, 1.807) is 0 Å². The van der Waals surface area contributed by atoms with E-state index in [-0.39, 0.29) is 0 Å². The van der Waals surface area contributed by atoms with Gasteiger partial charge < -0.3 is 5.11 Å². The van der Waals surface area contributed by atoms with Crippen LogP contribution in [0.2, 0.25) is 0 Å². The van der Waals surface area contributed by atoms with Crippen molar-refractivity contribution < 1.29 is 93.7 Å². The van der Waals surface area contributed by atoms with Crippen LogP contribution in [-0.2, 0) is 9.53 Å². The summed E-state index contributed by atoms with van der Waals surface area (Å²) in [7, 11) is 0. The summed E-state index contributed by atoms with van der Waals surface area (Å²) in [6.07, 6.45) is -23.7. The highest BCUT2D eigenvalue weighted by atomic mass is 19.4. The van der Waals surface area contributed by atoms with E-state index < -0.39 is 64.9 Å². The highest BCUT2D eigenvalue weighted by Gasteiger charge is 2.98. The summed E-state index contributed by atoms with van der Waals surface area (Å²) in [5.41, 5.74) is -7.89. The minimum absolute atomic E-state index is 1.50. The van der Waals surface area contributed by atoms with Gasteiger partial charge in [-0.3, -0.25) is 4.74 Å². The molecule has 0 radical (unpaired) electrons. The lowest BCUT2D eigenvalue weighted by Gasteiger charge is -2.55. The number of carboxylic acids is 1. The third-order valence-corrected chi connectivity index (χ3v) is 3.73. The van der Waals surface area contributed by atoms with Crippen molar-refractivity contribution in [3.05, 3.63) is 0 Å². The van der Waals surface area contributed by atoms with Gasteiger partial charge >= 0.3 is 60.0 Å². The predicted octanol–water partition coefficient (Wildman–Crippen LogP) is 4.91. The van der Waals surface area contributed by atoms with Gasteiger partial charge in [0.2, 0.25) is 0 Å². The third-order valence-electron chi connectivity index (χ3n) is 3.73. The van der Waals surface area contributed by atoms with Crippen LogP contribution in [0.4, 0.5) is 79.0 Å². The molecule has 1 heterocycles. The molecule has 1 aliphatic rings. The first-order valence-corrected chi connectivity index (χ1v) is 6.66. The number of alkyl halides is 18. The van der Waals surface area contributed by atoms with Crippen LogP contribution in [0.25, 0.3) is 0 Å².